The molecule has 0 unspecified atom stereocenters. The first kappa shape index (κ1) is 18.4. The second kappa shape index (κ2) is 8.57. The maximum Gasteiger partial charge on any atom is 0.0995 e. The molecule has 0 bridgehead atoms. The fourth-order valence-electron chi connectivity index (χ4n) is 2.29. The van der Waals surface area contributed by atoms with Crippen LogP contribution in [-0.4, -0.2) is 54.4 Å². The first-order valence-corrected chi connectivity index (χ1v) is 7.75. The lowest BCUT2D eigenvalue weighted by Gasteiger charge is -2.35. The summed E-state index contributed by atoms with van der Waals surface area (Å²) in [5.41, 5.74) is 0.00768. The molecule has 3 heteroatoms. The molecule has 0 radical (unpaired) electrons. The molecule has 19 heavy (non-hydrogen) atoms. The Morgan fingerprint density at radius 2 is 1.53 bits per heavy atom. The van der Waals surface area contributed by atoms with Crippen molar-refractivity contribution in [3.05, 3.63) is 0 Å². The van der Waals surface area contributed by atoms with Crippen molar-refractivity contribution >= 4 is 5.84 Å². The maximum absolute atomic E-state index is 4.95. The van der Waals surface area contributed by atoms with E-state index in [2.05, 4.69) is 65.4 Å². The molecule has 0 aromatic rings. The topological polar surface area (TPSA) is 18.8 Å². The highest BCUT2D eigenvalue weighted by atomic mass is 15.2. The smallest absolute Gasteiger partial charge is 0.0995 e. The number of hydrogen-bond acceptors (Lipinski definition) is 2. The van der Waals surface area contributed by atoms with E-state index in [1.807, 2.05) is 0 Å². The highest BCUT2D eigenvalue weighted by Gasteiger charge is 2.20. The Morgan fingerprint density at radius 3 is 1.84 bits per heavy atom. The standard InChI is InChI=1S/C16H35N3/c1-9-14(10-2)19(13-12-18(7)8)15(11-3)17-16(4,5)6/h14H,9-13H2,1-8H3/b17-15-. The number of nitrogens with zero attached hydrogens (tertiary/aromatic N) is 3. The van der Waals surface area contributed by atoms with E-state index in [9.17, 15) is 0 Å². The Bertz CT molecular complexity index is 260. The van der Waals surface area contributed by atoms with Crippen molar-refractivity contribution in [2.45, 2.75) is 72.4 Å². The number of likely N-dealkylation sites (N-methyl/N-ethyl adjacent to an activating group) is 1. The molecular formula is C16H35N3. The third-order valence-electron chi connectivity index (χ3n) is 3.28. The third kappa shape index (κ3) is 7.56. The maximum atomic E-state index is 4.95. The van der Waals surface area contributed by atoms with E-state index < -0.39 is 0 Å². The second-order valence-corrected chi connectivity index (χ2v) is 6.52. The molecule has 0 N–H and O–H groups in total. The zero-order chi connectivity index (χ0) is 15.1. The zero-order valence-electron chi connectivity index (χ0n) is 14.5. The predicted octanol–water partition coefficient (Wildman–Crippen LogP) is 3.65. The van der Waals surface area contributed by atoms with Crippen LogP contribution in [0.25, 0.3) is 0 Å². The van der Waals surface area contributed by atoms with Gasteiger partial charge in [-0.1, -0.05) is 20.8 Å². The summed E-state index contributed by atoms with van der Waals surface area (Å²) in [4.78, 5) is 9.73. The zero-order valence-corrected chi connectivity index (χ0v) is 14.5. The van der Waals surface area contributed by atoms with Gasteiger partial charge in [0.2, 0.25) is 0 Å². The molecule has 0 aliphatic rings. The van der Waals surface area contributed by atoms with Crippen molar-refractivity contribution in [3.8, 4) is 0 Å². The third-order valence-corrected chi connectivity index (χ3v) is 3.28. The molecule has 0 heterocycles. The largest absolute Gasteiger partial charge is 0.356 e. The quantitative estimate of drug-likeness (QED) is 0.519. The van der Waals surface area contributed by atoms with E-state index >= 15 is 0 Å². The summed E-state index contributed by atoms with van der Waals surface area (Å²) in [5, 5.41) is 0. The Labute approximate surface area is 121 Å². The predicted molar refractivity (Wildman–Crippen MR) is 87.1 cm³/mol. The highest BCUT2D eigenvalue weighted by Crippen LogP contribution is 2.15. The van der Waals surface area contributed by atoms with E-state index in [0.29, 0.717) is 6.04 Å². The second-order valence-electron chi connectivity index (χ2n) is 6.52. The van der Waals surface area contributed by atoms with Crippen LogP contribution in [0.1, 0.15) is 60.8 Å². The molecule has 0 aromatic heterocycles. The van der Waals surface area contributed by atoms with Crippen molar-refractivity contribution < 1.29 is 0 Å². The van der Waals surface area contributed by atoms with Crippen LogP contribution < -0.4 is 0 Å². The van der Waals surface area contributed by atoms with Gasteiger partial charge in [0.25, 0.3) is 0 Å². The number of aliphatic imine (C=N–C) groups is 1. The van der Waals surface area contributed by atoms with E-state index in [0.717, 1.165) is 19.5 Å². The summed E-state index contributed by atoms with van der Waals surface area (Å²) in [6.07, 6.45) is 3.39. The van der Waals surface area contributed by atoms with E-state index in [1.165, 1.54) is 18.7 Å². The fourth-order valence-corrected chi connectivity index (χ4v) is 2.29. The summed E-state index contributed by atoms with van der Waals surface area (Å²) in [7, 11) is 4.27. The van der Waals surface area contributed by atoms with Gasteiger partial charge in [-0.3, -0.25) is 4.99 Å². The molecule has 0 spiro atoms. The molecule has 0 aromatic carbocycles. The lowest BCUT2D eigenvalue weighted by molar-refractivity contribution is 0.254. The fraction of sp³-hybridized carbons (Fsp3) is 0.938. The van der Waals surface area contributed by atoms with Crippen molar-refractivity contribution in [2.75, 3.05) is 27.2 Å². The summed E-state index contributed by atoms with van der Waals surface area (Å²) < 4.78 is 0. The van der Waals surface area contributed by atoms with Crippen LogP contribution in [0.15, 0.2) is 4.99 Å². The molecule has 0 aliphatic carbocycles. The summed E-state index contributed by atoms with van der Waals surface area (Å²) >= 11 is 0. The van der Waals surface area contributed by atoms with Gasteiger partial charge in [0.05, 0.1) is 11.4 Å². The van der Waals surface area contributed by atoms with Crippen LogP contribution in [0.3, 0.4) is 0 Å². The SMILES string of the molecule is CC/C(=N/C(C)(C)C)N(CCN(C)C)C(CC)CC. The van der Waals surface area contributed by atoms with Crippen LogP contribution in [0.2, 0.25) is 0 Å². The van der Waals surface area contributed by atoms with E-state index in [4.69, 9.17) is 4.99 Å². The van der Waals surface area contributed by atoms with Gasteiger partial charge >= 0.3 is 0 Å². The molecule has 0 rings (SSSR count). The monoisotopic (exact) mass is 269 g/mol. The van der Waals surface area contributed by atoms with Gasteiger partial charge in [0, 0.05) is 25.6 Å². The molecule has 0 amide bonds. The Morgan fingerprint density at radius 1 is 1.00 bits per heavy atom. The number of rotatable bonds is 7. The summed E-state index contributed by atoms with van der Waals surface area (Å²) in [5.74, 6) is 1.27. The van der Waals surface area contributed by atoms with Crippen LogP contribution >= 0.6 is 0 Å². The van der Waals surface area contributed by atoms with Crippen molar-refractivity contribution in [2.24, 2.45) is 4.99 Å². The normalized spacial score (nSPS) is 13.5. The molecular weight excluding hydrogens is 234 g/mol. The van der Waals surface area contributed by atoms with Gasteiger partial charge in [0.1, 0.15) is 0 Å². The average Bonchev–Trinajstić information content (AvgIpc) is 2.30. The minimum Gasteiger partial charge on any atom is -0.356 e. The van der Waals surface area contributed by atoms with E-state index in [-0.39, 0.29) is 5.54 Å². The van der Waals surface area contributed by atoms with Crippen molar-refractivity contribution in [1.29, 1.82) is 0 Å². The van der Waals surface area contributed by atoms with Gasteiger partial charge in [0.15, 0.2) is 0 Å². The minimum atomic E-state index is 0.00768. The van der Waals surface area contributed by atoms with Crippen LogP contribution in [-0.2, 0) is 0 Å². The molecule has 114 valence electrons. The van der Waals surface area contributed by atoms with Crippen molar-refractivity contribution in [1.82, 2.24) is 9.80 Å². The lowest BCUT2D eigenvalue weighted by atomic mass is 10.1. The van der Waals surface area contributed by atoms with Crippen LogP contribution in [0.4, 0.5) is 0 Å². The first-order chi connectivity index (χ1) is 8.75. The Balaban J connectivity index is 5.11. The summed E-state index contributed by atoms with van der Waals surface area (Å²) in [6, 6.07) is 0.612. The van der Waals surface area contributed by atoms with Gasteiger partial charge in [-0.2, -0.15) is 0 Å². The first-order valence-electron chi connectivity index (χ1n) is 7.75. The summed E-state index contributed by atoms with van der Waals surface area (Å²) in [6.45, 7) is 15.5. The van der Waals surface area contributed by atoms with Gasteiger partial charge in [-0.15, -0.1) is 0 Å². The lowest BCUT2D eigenvalue weighted by Crippen LogP contribution is -2.44. The van der Waals surface area contributed by atoms with Crippen LogP contribution in [0, 0.1) is 0 Å². The minimum absolute atomic E-state index is 0.00768. The molecule has 0 atom stereocenters. The highest BCUT2D eigenvalue weighted by molar-refractivity contribution is 5.82. The molecule has 3 nitrogen and oxygen atoms in total. The van der Waals surface area contributed by atoms with Crippen LogP contribution in [0.5, 0.6) is 0 Å². The molecule has 0 aliphatic heterocycles. The van der Waals surface area contributed by atoms with Gasteiger partial charge < -0.3 is 9.80 Å². The van der Waals surface area contributed by atoms with E-state index in [1.54, 1.807) is 0 Å². The Hall–Kier alpha value is -0.570. The number of amidine groups is 1. The van der Waals surface area contributed by atoms with Gasteiger partial charge in [-0.05, 0) is 47.7 Å². The molecule has 0 saturated carbocycles. The average molecular weight is 269 g/mol. The van der Waals surface area contributed by atoms with Gasteiger partial charge in [-0.25, -0.2) is 0 Å². The Kier molecular flexibility index (Phi) is 8.31. The molecule has 0 fully saturated rings. The molecule has 0 saturated heterocycles. The number of hydrogen-bond donors (Lipinski definition) is 0. The van der Waals surface area contributed by atoms with Crippen molar-refractivity contribution in [3.63, 3.8) is 0 Å².